The van der Waals surface area contributed by atoms with Gasteiger partial charge in [-0.3, -0.25) is 9.69 Å². The van der Waals surface area contributed by atoms with Gasteiger partial charge in [0.05, 0.1) is 18.9 Å². The molecule has 2 aliphatic heterocycles. The molecule has 0 atom stereocenters. The second-order valence-corrected chi connectivity index (χ2v) is 6.45. The van der Waals surface area contributed by atoms with E-state index in [1.165, 1.54) is 4.90 Å². The number of imide groups is 1. The Labute approximate surface area is 140 Å². The number of ether oxygens (including phenoxy) is 1. The summed E-state index contributed by atoms with van der Waals surface area (Å²) >= 11 is 0. The third kappa shape index (κ3) is 1.98. The van der Waals surface area contributed by atoms with E-state index in [1.54, 1.807) is 17.0 Å². The molecule has 5 nitrogen and oxygen atoms in total. The van der Waals surface area contributed by atoms with Crippen LogP contribution in [0.25, 0.3) is 0 Å². The van der Waals surface area contributed by atoms with E-state index >= 15 is 0 Å². The molecular weight excluding hydrogens is 304 g/mol. The number of rotatable bonds is 2. The first kappa shape index (κ1) is 14.9. The Bertz CT molecular complexity index is 808. The molecule has 0 unspecified atom stereocenters. The Kier molecular flexibility index (Phi) is 3.21. The third-order valence-electron chi connectivity index (χ3n) is 4.68. The molecule has 4 rings (SSSR count). The van der Waals surface area contributed by atoms with Gasteiger partial charge in [0.1, 0.15) is 0 Å². The molecule has 2 aromatic carbocycles. The van der Waals surface area contributed by atoms with Crippen LogP contribution in [0.2, 0.25) is 0 Å². The molecule has 3 amide bonds. The van der Waals surface area contributed by atoms with Gasteiger partial charge in [0.2, 0.25) is 0 Å². The number of nitrogens with zero attached hydrogens (tertiary/aromatic N) is 2. The number of aryl methyl sites for hydroxylation is 2. The van der Waals surface area contributed by atoms with Gasteiger partial charge in [-0.15, -0.1) is 0 Å². The van der Waals surface area contributed by atoms with Crippen LogP contribution >= 0.6 is 0 Å². The quantitative estimate of drug-likeness (QED) is 0.799. The van der Waals surface area contributed by atoms with Crippen molar-refractivity contribution < 1.29 is 14.3 Å². The summed E-state index contributed by atoms with van der Waals surface area (Å²) in [7, 11) is 0. The van der Waals surface area contributed by atoms with E-state index in [2.05, 4.69) is 0 Å². The zero-order chi connectivity index (χ0) is 16.9. The largest absolute Gasteiger partial charge is 0.375 e. The molecule has 2 fully saturated rings. The summed E-state index contributed by atoms with van der Waals surface area (Å²) < 4.78 is 5.32. The van der Waals surface area contributed by atoms with Crippen LogP contribution in [-0.4, -0.2) is 30.7 Å². The van der Waals surface area contributed by atoms with Crippen molar-refractivity contribution >= 4 is 23.3 Å². The highest BCUT2D eigenvalue weighted by Crippen LogP contribution is 2.40. The third-order valence-corrected chi connectivity index (χ3v) is 4.68. The van der Waals surface area contributed by atoms with Crippen LogP contribution in [0.4, 0.5) is 16.2 Å². The van der Waals surface area contributed by atoms with E-state index in [0.29, 0.717) is 5.69 Å². The molecule has 2 aliphatic rings. The van der Waals surface area contributed by atoms with Crippen molar-refractivity contribution in [2.24, 2.45) is 0 Å². The fourth-order valence-electron chi connectivity index (χ4n) is 3.19. The lowest BCUT2D eigenvalue weighted by Gasteiger charge is -2.41. The average molecular weight is 322 g/mol. The van der Waals surface area contributed by atoms with Crippen LogP contribution in [0.5, 0.6) is 0 Å². The number of carbonyl (C=O) groups is 2. The van der Waals surface area contributed by atoms with Gasteiger partial charge >= 0.3 is 6.03 Å². The van der Waals surface area contributed by atoms with Gasteiger partial charge < -0.3 is 4.74 Å². The van der Waals surface area contributed by atoms with Gasteiger partial charge in [-0.25, -0.2) is 9.69 Å². The number of anilines is 2. The van der Waals surface area contributed by atoms with Crippen LogP contribution in [0.15, 0.2) is 48.5 Å². The monoisotopic (exact) mass is 322 g/mol. The number of carbonyl (C=O) groups excluding carboxylic acids is 2. The molecule has 0 radical (unpaired) electrons. The van der Waals surface area contributed by atoms with Gasteiger partial charge in [-0.2, -0.15) is 0 Å². The van der Waals surface area contributed by atoms with Crippen LogP contribution < -0.4 is 9.80 Å². The number of urea groups is 1. The summed E-state index contributed by atoms with van der Waals surface area (Å²) in [5.74, 6) is -0.219. The summed E-state index contributed by atoms with van der Waals surface area (Å²) in [5.41, 5.74) is 2.58. The van der Waals surface area contributed by atoms with Crippen LogP contribution in [-0.2, 0) is 9.53 Å². The van der Waals surface area contributed by atoms with Gasteiger partial charge in [0.25, 0.3) is 5.91 Å². The molecule has 2 aromatic rings. The van der Waals surface area contributed by atoms with Crippen molar-refractivity contribution in [2.45, 2.75) is 19.4 Å². The normalized spacial score (nSPS) is 19.1. The maximum atomic E-state index is 13.1. The Hall–Kier alpha value is -2.66. The Balaban J connectivity index is 1.79. The maximum absolute atomic E-state index is 13.1. The van der Waals surface area contributed by atoms with Crippen molar-refractivity contribution in [3.05, 3.63) is 59.7 Å². The molecule has 2 heterocycles. The SMILES string of the molecule is Cc1ccc(N2C(=O)N(c3ccc(C)cc3)C3(COC3)C2=O)cc1. The summed E-state index contributed by atoms with van der Waals surface area (Å²) in [6.45, 7) is 4.42. The summed E-state index contributed by atoms with van der Waals surface area (Å²) in [6.07, 6.45) is 0. The highest BCUT2D eigenvalue weighted by Gasteiger charge is 2.62. The second-order valence-electron chi connectivity index (χ2n) is 6.45. The predicted molar refractivity (Wildman–Crippen MR) is 91.3 cm³/mol. The molecule has 1 spiro atoms. The minimum absolute atomic E-state index is 0.219. The van der Waals surface area contributed by atoms with E-state index < -0.39 is 5.54 Å². The Morgan fingerprint density at radius 1 is 0.833 bits per heavy atom. The Morgan fingerprint density at radius 2 is 1.33 bits per heavy atom. The van der Waals surface area contributed by atoms with E-state index in [0.717, 1.165) is 16.8 Å². The predicted octanol–water partition coefficient (Wildman–Crippen LogP) is 3.05. The van der Waals surface area contributed by atoms with Crippen LogP contribution in [0.1, 0.15) is 11.1 Å². The van der Waals surface area contributed by atoms with Crippen molar-refractivity contribution in [1.82, 2.24) is 0 Å². The molecule has 0 saturated carbocycles. The lowest BCUT2D eigenvalue weighted by Crippen LogP contribution is -2.64. The summed E-state index contributed by atoms with van der Waals surface area (Å²) in [6, 6.07) is 14.7. The van der Waals surface area contributed by atoms with E-state index in [4.69, 9.17) is 4.74 Å². The zero-order valence-electron chi connectivity index (χ0n) is 13.7. The number of hydrogen-bond donors (Lipinski definition) is 0. The lowest BCUT2D eigenvalue weighted by molar-refractivity contribution is -0.136. The van der Waals surface area contributed by atoms with Gasteiger partial charge in [0, 0.05) is 5.69 Å². The first-order chi connectivity index (χ1) is 11.5. The van der Waals surface area contributed by atoms with Crippen LogP contribution in [0.3, 0.4) is 0 Å². The minimum atomic E-state index is -0.919. The highest BCUT2D eigenvalue weighted by atomic mass is 16.5. The maximum Gasteiger partial charge on any atom is 0.337 e. The fraction of sp³-hybridized carbons (Fsp3) is 0.263. The van der Waals surface area contributed by atoms with Gasteiger partial charge in [-0.1, -0.05) is 35.4 Å². The van der Waals surface area contributed by atoms with Crippen LogP contribution in [0, 0.1) is 13.8 Å². The molecule has 122 valence electrons. The molecule has 24 heavy (non-hydrogen) atoms. The highest BCUT2D eigenvalue weighted by molar-refractivity contribution is 6.31. The molecule has 0 N–H and O–H groups in total. The number of amides is 3. The van der Waals surface area contributed by atoms with Gasteiger partial charge in [-0.05, 0) is 38.1 Å². The second kappa shape index (κ2) is 5.18. The molecule has 2 saturated heterocycles. The van der Waals surface area contributed by atoms with Crippen molar-refractivity contribution in [1.29, 1.82) is 0 Å². The molecular formula is C19H18N2O3. The molecule has 0 bridgehead atoms. The first-order valence-corrected chi connectivity index (χ1v) is 7.93. The summed E-state index contributed by atoms with van der Waals surface area (Å²) in [5, 5.41) is 0. The molecule has 0 aromatic heterocycles. The van der Waals surface area contributed by atoms with Crippen molar-refractivity contribution in [3.63, 3.8) is 0 Å². The standard InChI is InChI=1S/C19H18N2O3/c1-13-3-7-15(8-4-13)20-17(22)19(11-24-12-19)21(18(20)23)16-9-5-14(2)6-10-16/h3-10H,11-12H2,1-2H3. The van der Waals surface area contributed by atoms with E-state index in [9.17, 15) is 9.59 Å². The number of hydrogen-bond acceptors (Lipinski definition) is 3. The lowest BCUT2D eigenvalue weighted by atomic mass is 9.94. The smallest absolute Gasteiger partial charge is 0.337 e. The molecule has 5 heteroatoms. The van der Waals surface area contributed by atoms with Crippen molar-refractivity contribution in [3.8, 4) is 0 Å². The topological polar surface area (TPSA) is 49.9 Å². The van der Waals surface area contributed by atoms with E-state index in [-0.39, 0.29) is 25.2 Å². The van der Waals surface area contributed by atoms with E-state index in [1.807, 2.05) is 50.2 Å². The molecule has 0 aliphatic carbocycles. The number of benzene rings is 2. The average Bonchev–Trinajstić information content (AvgIpc) is 2.77. The summed E-state index contributed by atoms with van der Waals surface area (Å²) in [4.78, 5) is 29.0. The van der Waals surface area contributed by atoms with Gasteiger partial charge in [0.15, 0.2) is 5.54 Å². The Morgan fingerprint density at radius 3 is 1.79 bits per heavy atom. The minimum Gasteiger partial charge on any atom is -0.375 e. The first-order valence-electron chi connectivity index (χ1n) is 7.93. The zero-order valence-corrected chi connectivity index (χ0v) is 13.7. The fourth-order valence-corrected chi connectivity index (χ4v) is 3.19. The van der Waals surface area contributed by atoms with Crippen molar-refractivity contribution in [2.75, 3.05) is 23.0 Å².